The molecule has 0 aliphatic carbocycles. The molecular weight excluding hydrogens is 538 g/mol. The van der Waals surface area contributed by atoms with Gasteiger partial charge in [-0.2, -0.15) is 17.5 Å². The van der Waals surface area contributed by atoms with E-state index in [4.69, 9.17) is 0 Å². The molecule has 0 nitrogen and oxygen atoms in total. The first-order chi connectivity index (χ1) is 4.47. The molecule has 0 saturated carbocycles. The fourth-order valence-electron chi connectivity index (χ4n) is 1.07. The Balaban J connectivity index is -0.0000001000. The zero-order valence-corrected chi connectivity index (χ0v) is 16.0. The van der Waals surface area contributed by atoms with Crippen LogP contribution in [0.3, 0.4) is 0 Å². The third kappa shape index (κ3) is 5.89. The molecule has 0 atom stereocenters. The second kappa shape index (κ2) is 12.2. The van der Waals surface area contributed by atoms with Crippen molar-refractivity contribution < 1.29 is 76.8 Å². The molecule has 0 radical (unpaired) electrons. The van der Waals surface area contributed by atoms with Gasteiger partial charge in [-0.1, -0.05) is 6.07 Å². The van der Waals surface area contributed by atoms with Gasteiger partial charge >= 0.3 is 0 Å². The molecular formula is C10H10Br3Hf-5. The Morgan fingerprint density at radius 2 is 1.43 bits per heavy atom. The predicted molar refractivity (Wildman–Crippen MR) is 46.0 cm³/mol. The number of halogens is 3. The van der Waals surface area contributed by atoms with Gasteiger partial charge in [-0.05, 0) is 0 Å². The van der Waals surface area contributed by atoms with Gasteiger partial charge in [-0.3, -0.25) is 0 Å². The number of hydrogen-bond donors (Lipinski definition) is 0. The smallest absolute Gasteiger partial charge is 0 e. The standard InChI is InChI=1S/C9H7.CH3.3BrH.Hf/c1-2-5-9-7-3-6-8(9)4-1;;;;;/h1-7H;1H3;3*1H;/q2*-1;;;;/p-3. The molecule has 0 aromatic heterocycles. The van der Waals surface area contributed by atoms with Crippen molar-refractivity contribution in [1.82, 2.24) is 0 Å². The van der Waals surface area contributed by atoms with Gasteiger partial charge in [0, 0.05) is 25.8 Å². The molecule has 2 rings (SSSR count). The summed E-state index contributed by atoms with van der Waals surface area (Å²) in [4.78, 5) is 0. The Bertz CT molecular complexity index is 289. The van der Waals surface area contributed by atoms with Crippen LogP contribution in [0.15, 0.2) is 42.5 Å². The molecule has 0 amide bonds. The van der Waals surface area contributed by atoms with E-state index in [1.165, 1.54) is 10.8 Å². The van der Waals surface area contributed by atoms with Crippen LogP contribution in [0.2, 0.25) is 0 Å². The van der Waals surface area contributed by atoms with Crippen molar-refractivity contribution in [3.63, 3.8) is 0 Å². The van der Waals surface area contributed by atoms with E-state index in [2.05, 4.69) is 42.5 Å². The minimum absolute atomic E-state index is 0. The van der Waals surface area contributed by atoms with Gasteiger partial charge in [0.15, 0.2) is 0 Å². The summed E-state index contributed by atoms with van der Waals surface area (Å²) in [5.41, 5.74) is 0. The summed E-state index contributed by atoms with van der Waals surface area (Å²) in [6.07, 6.45) is 0. The van der Waals surface area contributed by atoms with E-state index in [1.807, 2.05) is 0 Å². The van der Waals surface area contributed by atoms with Gasteiger partial charge in [0.1, 0.15) is 0 Å². The quantitative estimate of drug-likeness (QED) is 0.228. The molecule has 2 aromatic carbocycles. The minimum Gasteiger partial charge on any atom is -1.00 e. The number of benzene rings is 1. The second-order valence-corrected chi connectivity index (χ2v) is 2.15. The van der Waals surface area contributed by atoms with Crippen LogP contribution in [0.5, 0.6) is 0 Å². The van der Waals surface area contributed by atoms with Crippen molar-refractivity contribution in [1.29, 1.82) is 0 Å². The third-order valence-electron chi connectivity index (χ3n) is 1.55. The Hall–Kier alpha value is 1.14. The van der Waals surface area contributed by atoms with E-state index >= 15 is 0 Å². The maximum atomic E-state index is 2.12. The Morgan fingerprint density at radius 1 is 0.857 bits per heavy atom. The fraction of sp³-hybridized carbons (Fsp3) is 0. The zero-order valence-electron chi connectivity index (χ0n) is 7.68. The van der Waals surface area contributed by atoms with Gasteiger partial charge in [-0.25, -0.2) is 0 Å². The summed E-state index contributed by atoms with van der Waals surface area (Å²) in [5.74, 6) is 0. The van der Waals surface area contributed by atoms with Crippen molar-refractivity contribution in [2.45, 2.75) is 0 Å². The summed E-state index contributed by atoms with van der Waals surface area (Å²) in [5, 5.41) is 2.66. The molecule has 0 unspecified atom stereocenters. The first kappa shape index (κ1) is 24.4. The monoisotopic (exact) mass is 547 g/mol. The molecule has 0 spiro atoms. The summed E-state index contributed by atoms with van der Waals surface area (Å²) < 4.78 is 0. The van der Waals surface area contributed by atoms with Crippen molar-refractivity contribution >= 4 is 10.8 Å². The number of fused-ring (bicyclic) bond motifs is 1. The van der Waals surface area contributed by atoms with E-state index < -0.39 is 0 Å². The topological polar surface area (TPSA) is 0 Å². The van der Waals surface area contributed by atoms with Crippen molar-refractivity contribution in [3.05, 3.63) is 49.9 Å². The average Bonchev–Trinajstić information content (AvgIpc) is 2.33. The molecule has 0 fully saturated rings. The van der Waals surface area contributed by atoms with E-state index in [-0.39, 0.29) is 84.2 Å². The van der Waals surface area contributed by atoms with E-state index in [9.17, 15) is 0 Å². The molecule has 0 bridgehead atoms. The van der Waals surface area contributed by atoms with Gasteiger partial charge in [0.2, 0.25) is 0 Å². The van der Waals surface area contributed by atoms with Crippen molar-refractivity contribution in [2.24, 2.45) is 0 Å². The average molecular weight is 548 g/mol. The normalized spacial score (nSPS) is 6.57. The molecule has 4 heteroatoms. The molecule has 0 saturated heterocycles. The largest absolute Gasteiger partial charge is 1.00 e. The Labute approximate surface area is 136 Å². The van der Waals surface area contributed by atoms with Crippen LogP contribution in [0.1, 0.15) is 0 Å². The Morgan fingerprint density at radius 3 is 2.00 bits per heavy atom. The van der Waals surface area contributed by atoms with E-state index in [1.54, 1.807) is 0 Å². The maximum Gasteiger partial charge on any atom is 0 e. The SMILES string of the molecule is [Br-].[Br-].[Br-].[CH3-].[Hf].c1ccc2[cH-]ccc2c1. The molecule has 80 valence electrons. The van der Waals surface area contributed by atoms with Gasteiger partial charge < -0.3 is 58.4 Å². The van der Waals surface area contributed by atoms with Crippen molar-refractivity contribution in [3.8, 4) is 0 Å². The summed E-state index contributed by atoms with van der Waals surface area (Å²) in [7, 11) is 0. The van der Waals surface area contributed by atoms with Crippen LogP contribution >= 0.6 is 0 Å². The summed E-state index contributed by atoms with van der Waals surface area (Å²) in [6.45, 7) is 0. The second-order valence-electron chi connectivity index (χ2n) is 2.15. The van der Waals surface area contributed by atoms with Gasteiger partial charge in [0.05, 0.1) is 0 Å². The van der Waals surface area contributed by atoms with Crippen LogP contribution in [-0.2, 0) is 25.8 Å². The van der Waals surface area contributed by atoms with Gasteiger partial charge in [0.25, 0.3) is 0 Å². The number of rotatable bonds is 0. The third-order valence-corrected chi connectivity index (χ3v) is 1.55. The molecule has 0 aliphatic rings. The maximum absolute atomic E-state index is 2.12. The zero-order chi connectivity index (χ0) is 6.10. The molecule has 2 aromatic rings. The predicted octanol–water partition coefficient (Wildman–Crippen LogP) is -5.98. The summed E-state index contributed by atoms with van der Waals surface area (Å²) >= 11 is 0. The van der Waals surface area contributed by atoms with E-state index in [0.29, 0.717) is 0 Å². The van der Waals surface area contributed by atoms with Crippen LogP contribution < -0.4 is 50.9 Å². The molecule has 0 N–H and O–H groups in total. The fourth-order valence-corrected chi connectivity index (χ4v) is 1.07. The molecule has 0 aliphatic heterocycles. The van der Waals surface area contributed by atoms with Crippen LogP contribution in [-0.4, -0.2) is 0 Å². The number of hydrogen-bond acceptors (Lipinski definition) is 0. The minimum atomic E-state index is 0. The molecule has 0 heterocycles. The van der Waals surface area contributed by atoms with Crippen LogP contribution in [0.4, 0.5) is 0 Å². The molecule has 14 heavy (non-hydrogen) atoms. The van der Waals surface area contributed by atoms with Crippen LogP contribution in [0.25, 0.3) is 10.8 Å². The van der Waals surface area contributed by atoms with E-state index in [0.717, 1.165) is 0 Å². The van der Waals surface area contributed by atoms with Crippen molar-refractivity contribution in [2.75, 3.05) is 0 Å². The first-order valence-corrected chi connectivity index (χ1v) is 3.07. The first-order valence-electron chi connectivity index (χ1n) is 3.07. The summed E-state index contributed by atoms with van der Waals surface area (Å²) in [6, 6.07) is 14.7. The van der Waals surface area contributed by atoms with Crippen LogP contribution in [0, 0.1) is 7.43 Å². The van der Waals surface area contributed by atoms with Gasteiger partial charge in [-0.15, -0.1) is 29.7 Å². The Kier molecular flexibility index (Phi) is 21.3.